The van der Waals surface area contributed by atoms with Crippen LogP contribution in [0.1, 0.15) is 52.4 Å². The molecule has 0 atom stereocenters. The minimum Gasteiger partial charge on any atom is -0.396 e. The number of amidine groups is 1. The third-order valence-corrected chi connectivity index (χ3v) is 3.16. The topological polar surface area (TPSA) is 44.6 Å². The lowest BCUT2D eigenvalue weighted by Gasteiger charge is -2.25. The van der Waals surface area contributed by atoms with E-state index in [4.69, 9.17) is 5.11 Å². The highest BCUT2D eigenvalue weighted by atomic mass is 16.2. The van der Waals surface area contributed by atoms with Crippen LogP contribution in [0.5, 0.6) is 0 Å². The summed E-state index contributed by atoms with van der Waals surface area (Å²) >= 11 is 0. The van der Waals surface area contributed by atoms with Gasteiger partial charge in [0.05, 0.1) is 5.84 Å². The molecule has 1 aliphatic heterocycles. The van der Waals surface area contributed by atoms with Crippen molar-refractivity contribution in [3.05, 3.63) is 0 Å². The summed E-state index contributed by atoms with van der Waals surface area (Å²) in [6.07, 6.45) is 6.87. The largest absolute Gasteiger partial charge is 0.396 e. The fraction of sp³-hybridized carbons (Fsp3) is 0.923. The van der Waals surface area contributed by atoms with E-state index >= 15 is 0 Å². The number of nitrogens with zero attached hydrogens (tertiary/aromatic N) is 1. The average Bonchev–Trinajstić information content (AvgIpc) is 2.52. The Balaban J connectivity index is 2.28. The summed E-state index contributed by atoms with van der Waals surface area (Å²) in [5, 5.41) is 12.3. The molecule has 0 amide bonds. The zero-order valence-corrected chi connectivity index (χ0v) is 10.8. The van der Waals surface area contributed by atoms with Crippen LogP contribution in [0.2, 0.25) is 0 Å². The predicted molar refractivity (Wildman–Crippen MR) is 68.9 cm³/mol. The van der Waals surface area contributed by atoms with E-state index in [1.807, 2.05) is 0 Å². The van der Waals surface area contributed by atoms with Crippen molar-refractivity contribution >= 4 is 5.84 Å². The average molecular weight is 226 g/mol. The quantitative estimate of drug-likeness (QED) is 0.756. The van der Waals surface area contributed by atoms with Crippen LogP contribution in [-0.4, -0.2) is 30.6 Å². The number of hydrogen-bond donors (Lipinski definition) is 2. The van der Waals surface area contributed by atoms with Gasteiger partial charge in [-0.15, -0.1) is 0 Å². The Labute approximate surface area is 99.4 Å². The van der Waals surface area contributed by atoms with Crippen molar-refractivity contribution in [3.63, 3.8) is 0 Å². The van der Waals surface area contributed by atoms with Crippen molar-refractivity contribution in [1.29, 1.82) is 0 Å². The van der Waals surface area contributed by atoms with Crippen LogP contribution < -0.4 is 5.32 Å². The Hall–Kier alpha value is -0.570. The SMILES string of the molecule is CC(C)(CCCO)CNC1=NCCCCC1. The van der Waals surface area contributed by atoms with Crippen LogP contribution in [0.25, 0.3) is 0 Å². The van der Waals surface area contributed by atoms with Crippen molar-refractivity contribution in [2.75, 3.05) is 19.7 Å². The summed E-state index contributed by atoms with van der Waals surface area (Å²) in [6, 6.07) is 0. The lowest BCUT2D eigenvalue weighted by Crippen LogP contribution is -2.34. The molecule has 0 aliphatic carbocycles. The molecule has 1 rings (SSSR count). The Morgan fingerprint density at radius 1 is 1.31 bits per heavy atom. The van der Waals surface area contributed by atoms with Gasteiger partial charge in [0.2, 0.25) is 0 Å². The third kappa shape index (κ3) is 5.50. The van der Waals surface area contributed by atoms with E-state index in [1.165, 1.54) is 25.1 Å². The predicted octanol–water partition coefficient (Wildman–Crippen LogP) is 2.35. The van der Waals surface area contributed by atoms with Gasteiger partial charge in [0.25, 0.3) is 0 Å². The van der Waals surface area contributed by atoms with Gasteiger partial charge in [-0.2, -0.15) is 0 Å². The Bertz CT molecular complexity index is 224. The molecule has 0 radical (unpaired) electrons. The summed E-state index contributed by atoms with van der Waals surface area (Å²) < 4.78 is 0. The minimum atomic E-state index is 0.248. The van der Waals surface area contributed by atoms with Crippen LogP contribution in [-0.2, 0) is 0 Å². The zero-order valence-electron chi connectivity index (χ0n) is 10.8. The maximum absolute atomic E-state index is 8.84. The highest BCUT2D eigenvalue weighted by Gasteiger charge is 2.17. The van der Waals surface area contributed by atoms with E-state index in [1.54, 1.807) is 0 Å². The van der Waals surface area contributed by atoms with Gasteiger partial charge < -0.3 is 10.4 Å². The fourth-order valence-electron chi connectivity index (χ4n) is 2.01. The van der Waals surface area contributed by atoms with E-state index in [9.17, 15) is 0 Å². The summed E-state index contributed by atoms with van der Waals surface area (Å²) in [4.78, 5) is 4.56. The first-order valence-corrected chi connectivity index (χ1v) is 6.52. The van der Waals surface area contributed by atoms with Crippen molar-refractivity contribution in [1.82, 2.24) is 5.32 Å². The van der Waals surface area contributed by atoms with Gasteiger partial charge in [0.1, 0.15) is 0 Å². The molecule has 2 N–H and O–H groups in total. The molecule has 0 spiro atoms. The molecule has 1 heterocycles. The number of hydrogen-bond acceptors (Lipinski definition) is 3. The molecule has 0 aromatic carbocycles. The van der Waals surface area contributed by atoms with Gasteiger partial charge >= 0.3 is 0 Å². The van der Waals surface area contributed by atoms with Crippen molar-refractivity contribution in [2.24, 2.45) is 10.4 Å². The highest BCUT2D eigenvalue weighted by molar-refractivity contribution is 5.82. The van der Waals surface area contributed by atoms with Crippen LogP contribution in [0.4, 0.5) is 0 Å². The standard InChI is InChI=1S/C13H26N2O/c1-13(2,8-6-10-16)11-15-12-7-4-3-5-9-14-12/h16H,3-11H2,1-2H3,(H,14,15). The number of aliphatic hydroxyl groups is 1. The zero-order chi connectivity index (χ0) is 11.9. The highest BCUT2D eigenvalue weighted by Crippen LogP contribution is 2.21. The molecule has 94 valence electrons. The van der Waals surface area contributed by atoms with Crippen LogP contribution in [0, 0.1) is 5.41 Å². The second kappa shape index (κ2) is 6.89. The number of nitrogens with one attached hydrogen (secondary N) is 1. The molecule has 0 fully saturated rings. The summed E-state index contributed by atoms with van der Waals surface area (Å²) in [7, 11) is 0. The molecule has 0 aromatic rings. The van der Waals surface area contributed by atoms with E-state index in [0.29, 0.717) is 6.61 Å². The molecule has 1 aliphatic rings. The van der Waals surface area contributed by atoms with Crippen molar-refractivity contribution in [3.8, 4) is 0 Å². The van der Waals surface area contributed by atoms with E-state index in [-0.39, 0.29) is 5.41 Å². The molecule has 3 heteroatoms. The lowest BCUT2D eigenvalue weighted by atomic mass is 9.88. The molecule has 0 saturated carbocycles. The van der Waals surface area contributed by atoms with Crippen molar-refractivity contribution in [2.45, 2.75) is 52.4 Å². The van der Waals surface area contributed by atoms with E-state index in [2.05, 4.69) is 24.2 Å². The van der Waals surface area contributed by atoms with Crippen LogP contribution >= 0.6 is 0 Å². The fourth-order valence-corrected chi connectivity index (χ4v) is 2.01. The van der Waals surface area contributed by atoms with Crippen LogP contribution in [0.3, 0.4) is 0 Å². The first-order valence-electron chi connectivity index (χ1n) is 6.52. The van der Waals surface area contributed by atoms with E-state index < -0.39 is 0 Å². The molecular weight excluding hydrogens is 200 g/mol. The van der Waals surface area contributed by atoms with Crippen LogP contribution in [0.15, 0.2) is 4.99 Å². The summed E-state index contributed by atoms with van der Waals surface area (Å²) in [5.74, 6) is 1.19. The first-order chi connectivity index (χ1) is 7.64. The van der Waals surface area contributed by atoms with Gasteiger partial charge in [-0.05, 0) is 31.1 Å². The smallest absolute Gasteiger partial charge is 0.0963 e. The molecule has 0 aromatic heterocycles. The Morgan fingerprint density at radius 2 is 2.12 bits per heavy atom. The first kappa shape index (κ1) is 13.5. The second-order valence-corrected chi connectivity index (χ2v) is 5.48. The van der Waals surface area contributed by atoms with E-state index in [0.717, 1.165) is 32.4 Å². The molecule has 3 nitrogen and oxygen atoms in total. The van der Waals surface area contributed by atoms with Gasteiger partial charge in [-0.3, -0.25) is 4.99 Å². The maximum Gasteiger partial charge on any atom is 0.0963 e. The summed E-state index contributed by atoms with van der Waals surface area (Å²) in [5.41, 5.74) is 0.248. The normalized spacial score (nSPS) is 17.8. The number of rotatable bonds is 5. The molecule has 16 heavy (non-hydrogen) atoms. The molecular formula is C13H26N2O. The molecule has 0 unspecified atom stereocenters. The van der Waals surface area contributed by atoms with Gasteiger partial charge in [-0.25, -0.2) is 0 Å². The minimum absolute atomic E-state index is 0.248. The maximum atomic E-state index is 8.84. The second-order valence-electron chi connectivity index (χ2n) is 5.48. The third-order valence-electron chi connectivity index (χ3n) is 3.16. The van der Waals surface area contributed by atoms with Gasteiger partial charge in [0, 0.05) is 26.1 Å². The number of aliphatic imine (C=N–C) groups is 1. The molecule has 0 saturated heterocycles. The Kier molecular flexibility index (Phi) is 5.81. The Morgan fingerprint density at radius 3 is 2.88 bits per heavy atom. The van der Waals surface area contributed by atoms with Gasteiger partial charge in [-0.1, -0.05) is 20.3 Å². The lowest BCUT2D eigenvalue weighted by molar-refractivity contribution is 0.241. The monoisotopic (exact) mass is 226 g/mol. The molecule has 0 bridgehead atoms. The van der Waals surface area contributed by atoms with Gasteiger partial charge in [0.15, 0.2) is 0 Å². The summed E-state index contributed by atoms with van der Waals surface area (Å²) in [6.45, 7) is 6.73. The number of aliphatic hydroxyl groups excluding tert-OH is 1. The van der Waals surface area contributed by atoms with Crippen molar-refractivity contribution < 1.29 is 5.11 Å².